The van der Waals surface area contributed by atoms with Crippen LogP contribution in [-0.2, 0) is 0 Å². The Bertz CT molecular complexity index is 712. The molecule has 2 amide bonds. The first-order valence-corrected chi connectivity index (χ1v) is 6.42. The SMILES string of the molecule is O=C1NC(=O)c2ccc(N3CCC3)c3cccc1c23. The minimum Gasteiger partial charge on any atom is -0.371 e. The Labute approximate surface area is 110 Å². The highest BCUT2D eigenvalue weighted by Crippen LogP contribution is 2.35. The molecule has 1 saturated heterocycles. The maximum atomic E-state index is 11.9. The second-order valence-corrected chi connectivity index (χ2v) is 4.98. The summed E-state index contributed by atoms with van der Waals surface area (Å²) in [6.07, 6.45) is 1.20. The fourth-order valence-corrected chi connectivity index (χ4v) is 2.84. The zero-order chi connectivity index (χ0) is 13.0. The van der Waals surface area contributed by atoms with E-state index in [4.69, 9.17) is 0 Å². The van der Waals surface area contributed by atoms with Gasteiger partial charge in [0.05, 0.1) is 0 Å². The van der Waals surface area contributed by atoms with E-state index in [1.54, 1.807) is 6.07 Å². The summed E-state index contributed by atoms with van der Waals surface area (Å²) in [5.41, 5.74) is 2.30. The molecule has 4 rings (SSSR count). The Hall–Kier alpha value is -2.36. The maximum Gasteiger partial charge on any atom is 0.258 e. The van der Waals surface area contributed by atoms with Crippen LogP contribution in [0.1, 0.15) is 27.1 Å². The van der Waals surface area contributed by atoms with Gasteiger partial charge in [-0.05, 0) is 24.6 Å². The summed E-state index contributed by atoms with van der Waals surface area (Å²) in [5, 5.41) is 4.17. The highest BCUT2D eigenvalue weighted by molar-refractivity contribution is 6.26. The molecule has 1 fully saturated rings. The molecule has 0 spiro atoms. The fraction of sp³-hybridized carbons (Fsp3) is 0.200. The first kappa shape index (κ1) is 10.6. The zero-order valence-corrected chi connectivity index (χ0v) is 10.3. The lowest BCUT2D eigenvalue weighted by Crippen LogP contribution is -2.38. The normalized spacial score (nSPS) is 17.4. The van der Waals surface area contributed by atoms with Crippen molar-refractivity contribution in [2.45, 2.75) is 6.42 Å². The van der Waals surface area contributed by atoms with Gasteiger partial charge >= 0.3 is 0 Å². The van der Waals surface area contributed by atoms with Crippen LogP contribution in [0.2, 0.25) is 0 Å². The van der Waals surface area contributed by atoms with Crippen molar-refractivity contribution in [3.05, 3.63) is 41.5 Å². The van der Waals surface area contributed by atoms with E-state index >= 15 is 0 Å². The summed E-state index contributed by atoms with van der Waals surface area (Å²) < 4.78 is 0. The topological polar surface area (TPSA) is 49.4 Å². The summed E-state index contributed by atoms with van der Waals surface area (Å²) >= 11 is 0. The van der Waals surface area contributed by atoms with Crippen molar-refractivity contribution in [3.63, 3.8) is 0 Å². The average molecular weight is 252 g/mol. The number of carbonyl (C=O) groups excluding carboxylic acids is 2. The van der Waals surface area contributed by atoms with Crippen molar-refractivity contribution in [2.24, 2.45) is 0 Å². The molecule has 1 N–H and O–H groups in total. The molecule has 2 aromatic rings. The predicted octanol–water partition coefficient (Wildman–Crippen LogP) is 1.93. The highest BCUT2D eigenvalue weighted by Gasteiger charge is 2.27. The number of nitrogens with one attached hydrogen (secondary N) is 1. The molecule has 94 valence electrons. The first-order valence-electron chi connectivity index (χ1n) is 6.42. The summed E-state index contributed by atoms with van der Waals surface area (Å²) in [6, 6.07) is 9.44. The van der Waals surface area contributed by atoms with Crippen molar-refractivity contribution < 1.29 is 9.59 Å². The minimum atomic E-state index is -0.302. The second kappa shape index (κ2) is 3.57. The summed E-state index contributed by atoms with van der Waals surface area (Å²) in [6.45, 7) is 2.08. The van der Waals surface area contributed by atoms with Crippen LogP contribution in [0.5, 0.6) is 0 Å². The van der Waals surface area contributed by atoms with Gasteiger partial charge in [0, 0.05) is 40.7 Å². The minimum absolute atomic E-state index is 0.302. The van der Waals surface area contributed by atoms with Crippen molar-refractivity contribution in [3.8, 4) is 0 Å². The van der Waals surface area contributed by atoms with E-state index in [0.717, 1.165) is 29.5 Å². The number of anilines is 1. The Kier molecular flexibility index (Phi) is 1.98. The second-order valence-electron chi connectivity index (χ2n) is 4.98. The monoisotopic (exact) mass is 252 g/mol. The van der Waals surface area contributed by atoms with Gasteiger partial charge in [0.1, 0.15) is 0 Å². The van der Waals surface area contributed by atoms with Gasteiger partial charge in [-0.2, -0.15) is 0 Å². The number of carbonyl (C=O) groups is 2. The number of hydrogen-bond donors (Lipinski definition) is 1. The van der Waals surface area contributed by atoms with Crippen LogP contribution >= 0.6 is 0 Å². The number of hydrogen-bond acceptors (Lipinski definition) is 3. The largest absolute Gasteiger partial charge is 0.371 e. The fourth-order valence-electron chi connectivity index (χ4n) is 2.84. The Morgan fingerprint density at radius 3 is 2.37 bits per heavy atom. The quantitative estimate of drug-likeness (QED) is 0.789. The lowest BCUT2D eigenvalue weighted by Gasteiger charge is -2.34. The molecule has 2 aromatic carbocycles. The summed E-state index contributed by atoms with van der Waals surface area (Å²) in [7, 11) is 0. The third-order valence-corrected chi connectivity index (χ3v) is 3.93. The molecular weight excluding hydrogens is 240 g/mol. The molecule has 4 heteroatoms. The molecule has 19 heavy (non-hydrogen) atoms. The molecule has 2 aliphatic heterocycles. The summed E-state index contributed by atoms with van der Waals surface area (Å²) in [5.74, 6) is -0.604. The van der Waals surface area contributed by atoms with E-state index in [2.05, 4.69) is 10.2 Å². The van der Waals surface area contributed by atoms with Gasteiger partial charge in [0.15, 0.2) is 0 Å². The van der Waals surface area contributed by atoms with Crippen LogP contribution in [0, 0.1) is 0 Å². The number of imide groups is 1. The molecule has 2 heterocycles. The third-order valence-electron chi connectivity index (χ3n) is 3.93. The molecule has 0 atom stereocenters. The van der Waals surface area contributed by atoms with Crippen molar-refractivity contribution in [1.82, 2.24) is 5.32 Å². The molecule has 0 unspecified atom stereocenters. The first-order chi connectivity index (χ1) is 9.25. The molecule has 0 bridgehead atoms. The Balaban J connectivity index is 2.09. The van der Waals surface area contributed by atoms with Crippen molar-refractivity contribution in [2.75, 3.05) is 18.0 Å². The van der Waals surface area contributed by atoms with Gasteiger partial charge in [-0.3, -0.25) is 14.9 Å². The Morgan fingerprint density at radius 2 is 1.68 bits per heavy atom. The van der Waals surface area contributed by atoms with Gasteiger partial charge in [-0.1, -0.05) is 12.1 Å². The molecule has 0 saturated carbocycles. The van der Waals surface area contributed by atoms with Crippen molar-refractivity contribution >= 4 is 28.3 Å². The molecule has 2 aliphatic rings. The number of nitrogens with zero attached hydrogens (tertiary/aromatic N) is 1. The molecule has 4 nitrogen and oxygen atoms in total. The van der Waals surface area contributed by atoms with Gasteiger partial charge in [-0.15, -0.1) is 0 Å². The number of amides is 2. The average Bonchev–Trinajstić information content (AvgIpc) is 2.35. The molecule has 0 radical (unpaired) electrons. The predicted molar refractivity (Wildman–Crippen MR) is 72.6 cm³/mol. The van der Waals surface area contributed by atoms with E-state index in [1.807, 2.05) is 24.3 Å². The number of rotatable bonds is 1. The van der Waals surface area contributed by atoms with Gasteiger partial charge in [0.2, 0.25) is 0 Å². The van der Waals surface area contributed by atoms with E-state index < -0.39 is 0 Å². The smallest absolute Gasteiger partial charge is 0.258 e. The van der Waals surface area contributed by atoms with Crippen molar-refractivity contribution in [1.29, 1.82) is 0 Å². The summed E-state index contributed by atoms with van der Waals surface area (Å²) in [4.78, 5) is 26.1. The van der Waals surface area contributed by atoms with E-state index in [9.17, 15) is 9.59 Å². The lowest BCUT2D eigenvalue weighted by molar-refractivity contribution is 0.0845. The lowest BCUT2D eigenvalue weighted by atomic mass is 9.93. The Morgan fingerprint density at radius 1 is 0.947 bits per heavy atom. The van der Waals surface area contributed by atoms with Crippen LogP contribution in [0.3, 0.4) is 0 Å². The van der Waals surface area contributed by atoms with Gasteiger partial charge in [0.25, 0.3) is 11.8 Å². The van der Waals surface area contributed by atoms with Crippen LogP contribution in [0.15, 0.2) is 30.3 Å². The van der Waals surface area contributed by atoms with Gasteiger partial charge in [-0.25, -0.2) is 0 Å². The standard InChI is InChI=1S/C15H12N2O2/c18-14-10-4-1-3-9-12(17-7-2-8-17)6-5-11(13(9)10)15(19)16-14/h1,3-6H,2,7-8H2,(H,16,18,19). The van der Waals surface area contributed by atoms with Crippen LogP contribution in [0.25, 0.3) is 10.8 Å². The van der Waals surface area contributed by atoms with E-state index in [1.165, 1.54) is 6.42 Å². The van der Waals surface area contributed by atoms with Crippen LogP contribution in [-0.4, -0.2) is 24.9 Å². The van der Waals surface area contributed by atoms with Crippen LogP contribution < -0.4 is 10.2 Å². The zero-order valence-electron chi connectivity index (χ0n) is 10.3. The number of benzene rings is 2. The molecule has 0 aromatic heterocycles. The van der Waals surface area contributed by atoms with E-state index in [0.29, 0.717) is 11.1 Å². The van der Waals surface area contributed by atoms with Crippen LogP contribution in [0.4, 0.5) is 5.69 Å². The maximum absolute atomic E-state index is 11.9. The van der Waals surface area contributed by atoms with E-state index in [-0.39, 0.29) is 11.8 Å². The third kappa shape index (κ3) is 1.34. The molecule has 0 aliphatic carbocycles. The highest BCUT2D eigenvalue weighted by atomic mass is 16.2. The molecular formula is C15H12N2O2. The van der Waals surface area contributed by atoms with Gasteiger partial charge < -0.3 is 4.90 Å².